The third-order valence-corrected chi connectivity index (χ3v) is 3.45. The highest BCUT2D eigenvalue weighted by Gasteiger charge is 2.39. The second-order valence-electron chi connectivity index (χ2n) is 4.56. The van der Waals surface area contributed by atoms with Crippen molar-refractivity contribution in [2.45, 2.75) is 11.8 Å². The maximum atomic E-state index is 11.5. The predicted molar refractivity (Wildman–Crippen MR) is 65.8 cm³/mol. The predicted octanol–water partition coefficient (Wildman–Crippen LogP) is 1.50. The zero-order chi connectivity index (χ0) is 11.6. The minimum absolute atomic E-state index is 0.325. The Morgan fingerprint density at radius 2 is 2.19 bits per heavy atom. The van der Waals surface area contributed by atoms with Crippen molar-refractivity contribution in [3.05, 3.63) is 29.8 Å². The van der Waals surface area contributed by atoms with Crippen LogP contribution in [0.25, 0.3) is 0 Å². The molecule has 1 atom stereocenters. The molecule has 16 heavy (non-hydrogen) atoms. The van der Waals surface area contributed by atoms with E-state index in [-0.39, 0.29) is 5.41 Å². The Morgan fingerprint density at radius 1 is 1.44 bits per heavy atom. The zero-order valence-electron chi connectivity index (χ0n) is 9.86. The van der Waals surface area contributed by atoms with Crippen molar-refractivity contribution < 1.29 is 4.79 Å². The van der Waals surface area contributed by atoms with Crippen LogP contribution in [-0.4, -0.2) is 38.4 Å². The first-order chi connectivity index (χ1) is 7.72. The van der Waals surface area contributed by atoms with E-state index in [1.54, 1.807) is 0 Å². The van der Waals surface area contributed by atoms with Crippen molar-refractivity contribution in [3.8, 4) is 0 Å². The summed E-state index contributed by atoms with van der Waals surface area (Å²) in [5.41, 5.74) is 1.86. The molecular formula is C13H18N2O. The molecule has 1 N–H and O–H groups in total. The quantitative estimate of drug-likeness (QED) is 0.780. The average Bonchev–Trinajstić information content (AvgIpc) is 2.72. The topological polar surface area (TPSA) is 32.3 Å². The minimum Gasteiger partial charge on any atom is -0.388 e. The first-order valence-corrected chi connectivity index (χ1v) is 5.64. The molecule has 1 aliphatic heterocycles. The van der Waals surface area contributed by atoms with Gasteiger partial charge in [-0.15, -0.1) is 0 Å². The molecule has 0 amide bonds. The maximum Gasteiger partial charge on any atom is 0.131 e. The minimum atomic E-state index is -0.325. The third-order valence-electron chi connectivity index (χ3n) is 3.45. The summed E-state index contributed by atoms with van der Waals surface area (Å²) in [5, 5.41) is 3.17. The van der Waals surface area contributed by atoms with E-state index in [1.165, 1.54) is 0 Å². The molecule has 0 radical (unpaired) electrons. The number of benzene rings is 1. The molecule has 86 valence electrons. The number of anilines is 1. The lowest BCUT2D eigenvalue weighted by atomic mass is 9.80. The van der Waals surface area contributed by atoms with Gasteiger partial charge in [0.25, 0.3) is 0 Å². The fourth-order valence-electron chi connectivity index (χ4n) is 2.54. The molecule has 0 spiro atoms. The molecule has 1 aromatic rings. The second kappa shape index (κ2) is 4.26. The lowest BCUT2D eigenvalue weighted by Crippen LogP contribution is -2.32. The smallest absolute Gasteiger partial charge is 0.131 e. The van der Waals surface area contributed by atoms with E-state index >= 15 is 0 Å². The van der Waals surface area contributed by atoms with Crippen molar-refractivity contribution in [2.24, 2.45) is 0 Å². The van der Waals surface area contributed by atoms with Gasteiger partial charge in [-0.1, -0.05) is 18.2 Å². The number of likely N-dealkylation sites (tertiary alicyclic amines) is 1. The Bertz CT molecular complexity index is 391. The van der Waals surface area contributed by atoms with Gasteiger partial charge in [0, 0.05) is 19.3 Å². The van der Waals surface area contributed by atoms with Crippen molar-refractivity contribution in [2.75, 3.05) is 32.5 Å². The van der Waals surface area contributed by atoms with Gasteiger partial charge in [0.15, 0.2) is 0 Å². The highest BCUT2D eigenvalue weighted by atomic mass is 16.1. The van der Waals surface area contributed by atoms with Crippen LogP contribution in [0.4, 0.5) is 5.69 Å². The van der Waals surface area contributed by atoms with Gasteiger partial charge in [0.05, 0.1) is 5.41 Å². The Kier molecular flexibility index (Phi) is 2.97. The van der Waals surface area contributed by atoms with E-state index < -0.39 is 0 Å². The van der Waals surface area contributed by atoms with Crippen LogP contribution in [0.15, 0.2) is 24.3 Å². The number of hydrogen-bond donors (Lipinski definition) is 1. The fraction of sp³-hybridized carbons (Fsp3) is 0.462. The largest absolute Gasteiger partial charge is 0.388 e. The summed E-state index contributed by atoms with van der Waals surface area (Å²) in [6.45, 7) is 1.80. The number of carbonyl (C=O) groups excluding carboxylic acids is 1. The number of rotatable bonds is 3. The first kappa shape index (κ1) is 11.1. The van der Waals surface area contributed by atoms with Gasteiger partial charge in [-0.2, -0.15) is 0 Å². The maximum absolute atomic E-state index is 11.5. The van der Waals surface area contributed by atoms with Gasteiger partial charge >= 0.3 is 0 Å². The fourth-order valence-corrected chi connectivity index (χ4v) is 2.54. The van der Waals surface area contributed by atoms with E-state index in [0.29, 0.717) is 0 Å². The lowest BCUT2D eigenvalue weighted by Gasteiger charge is -2.25. The van der Waals surface area contributed by atoms with Crippen molar-refractivity contribution >= 4 is 12.0 Å². The Balaban J connectivity index is 2.44. The van der Waals surface area contributed by atoms with Crippen LogP contribution in [0.5, 0.6) is 0 Å². The Labute approximate surface area is 96.5 Å². The van der Waals surface area contributed by atoms with Crippen LogP contribution in [0.2, 0.25) is 0 Å². The van der Waals surface area contributed by atoms with E-state index in [2.05, 4.69) is 23.3 Å². The summed E-state index contributed by atoms with van der Waals surface area (Å²) >= 11 is 0. The summed E-state index contributed by atoms with van der Waals surface area (Å²) in [4.78, 5) is 13.7. The van der Waals surface area contributed by atoms with Crippen LogP contribution >= 0.6 is 0 Å². The molecule has 1 heterocycles. The van der Waals surface area contributed by atoms with Gasteiger partial charge in [-0.3, -0.25) is 0 Å². The number of likely N-dealkylation sites (N-methyl/N-ethyl adjacent to an activating group) is 1. The average molecular weight is 218 g/mol. The molecule has 3 heteroatoms. The molecule has 1 saturated heterocycles. The highest BCUT2D eigenvalue weighted by molar-refractivity contribution is 5.74. The van der Waals surface area contributed by atoms with Gasteiger partial charge in [0.1, 0.15) is 6.29 Å². The van der Waals surface area contributed by atoms with Crippen LogP contribution in [-0.2, 0) is 10.2 Å². The molecule has 1 fully saturated rings. The highest BCUT2D eigenvalue weighted by Crippen LogP contribution is 2.36. The SMILES string of the molecule is CNc1ccccc1[C@]1(C=O)CCN(C)C1. The van der Waals surface area contributed by atoms with Crippen molar-refractivity contribution in [1.29, 1.82) is 0 Å². The zero-order valence-corrected chi connectivity index (χ0v) is 9.86. The molecule has 0 aliphatic carbocycles. The molecule has 0 saturated carbocycles. The molecular weight excluding hydrogens is 200 g/mol. The third kappa shape index (κ3) is 1.71. The number of nitrogens with zero attached hydrogens (tertiary/aromatic N) is 1. The molecule has 3 nitrogen and oxygen atoms in total. The summed E-state index contributed by atoms with van der Waals surface area (Å²) in [6, 6.07) is 8.07. The standard InChI is InChI=1S/C13H18N2O/c1-14-12-6-4-3-5-11(12)13(10-16)7-8-15(2)9-13/h3-6,10,14H,7-9H2,1-2H3/t13-/m1/s1. The van der Waals surface area contributed by atoms with E-state index in [4.69, 9.17) is 0 Å². The number of carbonyl (C=O) groups is 1. The van der Waals surface area contributed by atoms with Crippen molar-refractivity contribution in [1.82, 2.24) is 4.90 Å². The monoisotopic (exact) mass is 218 g/mol. The van der Waals surface area contributed by atoms with Crippen LogP contribution in [0.3, 0.4) is 0 Å². The van der Waals surface area contributed by atoms with Gasteiger partial charge in [-0.05, 0) is 31.6 Å². The lowest BCUT2D eigenvalue weighted by molar-refractivity contribution is -0.112. The van der Waals surface area contributed by atoms with Crippen LogP contribution < -0.4 is 5.32 Å². The van der Waals surface area contributed by atoms with E-state index in [9.17, 15) is 4.79 Å². The number of aldehydes is 1. The first-order valence-electron chi connectivity index (χ1n) is 5.64. The summed E-state index contributed by atoms with van der Waals surface area (Å²) in [7, 11) is 3.96. The molecule has 1 aromatic carbocycles. The van der Waals surface area contributed by atoms with E-state index in [1.807, 2.05) is 25.2 Å². The molecule has 2 rings (SSSR count). The van der Waals surface area contributed by atoms with Crippen LogP contribution in [0.1, 0.15) is 12.0 Å². The van der Waals surface area contributed by atoms with Gasteiger partial charge in [0.2, 0.25) is 0 Å². The van der Waals surface area contributed by atoms with Gasteiger partial charge in [-0.25, -0.2) is 0 Å². The molecule has 0 unspecified atom stereocenters. The Morgan fingerprint density at radius 3 is 2.75 bits per heavy atom. The Hall–Kier alpha value is -1.35. The number of hydrogen-bond acceptors (Lipinski definition) is 3. The number of para-hydroxylation sites is 1. The summed E-state index contributed by atoms with van der Waals surface area (Å²) in [5.74, 6) is 0. The van der Waals surface area contributed by atoms with Gasteiger partial charge < -0.3 is 15.0 Å². The normalized spacial score (nSPS) is 25.6. The molecule has 0 aromatic heterocycles. The van der Waals surface area contributed by atoms with Crippen molar-refractivity contribution in [3.63, 3.8) is 0 Å². The summed E-state index contributed by atoms with van der Waals surface area (Å²) < 4.78 is 0. The molecule has 0 bridgehead atoms. The van der Waals surface area contributed by atoms with Crippen LogP contribution in [0, 0.1) is 0 Å². The molecule has 1 aliphatic rings. The number of nitrogens with one attached hydrogen (secondary N) is 1. The second-order valence-corrected chi connectivity index (χ2v) is 4.56. The summed E-state index contributed by atoms with van der Waals surface area (Å²) in [6.07, 6.45) is 2.03. The van der Waals surface area contributed by atoms with E-state index in [0.717, 1.165) is 37.0 Å².